The molecule has 33 heavy (non-hydrogen) atoms. The van der Waals surface area contributed by atoms with Gasteiger partial charge in [-0.15, -0.1) is 0 Å². The van der Waals surface area contributed by atoms with Crippen molar-refractivity contribution in [3.8, 4) is 11.5 Å². The number of amides is 1. The summed E-state index contributed by atoms with van der Waals surface area (Å²) in [4.78, 5) is 24.6. The molecule has 0 saturated carbocycles. The highest BCUT2D eigenvalue weighted by Gasteiger charge is 2.28. The van der Waals surface area contributed by atoms with Crippen LogP contribution < -0.4 is 19.7 Å². The van der Waals surface area contributed by atoms with E-state index in [1.165, 1.54) is 0 Å². The average molecular weight is 446 g/mol. The van der Waals surface area contributed by atoms with E-state index >= 15 is 0 Å². The highest BCUT2D eigenvalue weighted by Crippen LogP contribution is 2.29. The van der Waals surface area contributed by atoms with Crippen LogP contribution in [0.3, 0.4) is 0 Å². The van der Waals surface area contributed by atoms with E-state index in [9.17, 15) is 4.79 Å². The molecular formula is C25H27N5O3. The van der Waals surface area contributed by atoms with Crippen LogP contribution in [0.1, 0.15) is 18.4 Å². The molecule has 4 heterocycles. The van der Waals surface area contributed by atoms with Crippen molar-refractivity contribution in [3.05, 3.63) is 60.4 Å². The minimum atomic E-state index is -0.112. The second kappa shape index (κ2) is 8.97. The fraction of sp³-hybridized carbons (Fsp3) is 0.320. The van der Waals surface area contributed by atoms with Crippen LogP contribution in [0.25, 0.3) is 16.7 Å². The summed E-state index contributed by atoms with van der Waals surface area (Å²) in [5.74, 6) is 2.23. The first-order chi connectivity index (χ1) is 16.2. The molecule has 170 valence electrons. The van der Waals surface area contributed by atoms with Gasteiger partial charge in [-0.1, -0.05) is 0 Å². The average Bonchev–Trinajstić information content (AvgIpc) is 3.37. The van der Waals surface area contributed by atoms with Crippen LogP contribution in [0.2, 0.25) is 0 Å². The number of piperidine rings is 1. The van der Waals surface area contributed by atoms with Crippen molar-refractivity contribution in [2.24, 2.45) is 5.92 Å². The predicted molar refractivity (Wildman–Crippen MR) is 127 cm³/mol. The van der Waals surface area contributed by atoms with E-state index in [-0.39, 0.29) is 11.8 Å². The summed E-state index contributed by atoms with van der Waals surface area (Å²) in [6.07, 6.45) is 5.57. The zero-order valence-electron chi connectivity index (χ0n) is 18.8. The predicted octanol–water partition coefficient (Wildman–Crippen LogP) is 3.43. The number of ether oxygens (including phenoxy) is 2. The molecule has 3 aromatic heterocycles. The van der Waals surface area contributed by atoms with Crippen molar-refractivity contribution < 1.29 is 14.3 Å². The molecule has 1 fully saturated rings. The van der Waals surface area contributed by atoms with Crippen LogP contribution in [0.4, 0.5) is 5.82 Å². The van der Waals surface area contributed by atoms with Gasteiger partial charge in [-0.3, -0.25) is 4.79 Å². The van der Waals surface area contributed by atoms with E-state index in [4.69, 9.17) is 14.5 Å². The molecule has 0 spiro atoms. The molecule has 5 rings (SSSR count). The number of pyridine rings is 1. The Morgan fingerprint density at radius 1 is 1.15 bits per heavy atom. The van der Waals surface area contributed by atoms with Gasteiger partial charge in [0, 0.05) is 43.7 Å². The molecule has 1 aromatic carbocycles. The second-order valence-electron chi connectivity index (χ2n) is 8.23. The third-order valence-electron chi connectivity index (χ3n) is 6.25. The SMILES string of the molecule is COc1ccc(CNC(=O)[C@H]2CCCN(c3nc4ncccc4n4cccc34)C2)c(OC)c1. The van der Waals surface area contributed by atoms with Gasteiger partial charge in [0.2, 0.25) is 5.91 Å². The number of nitrogens with one attached hydrogen (secondary N) is 1. The van der Waals surface area contributed by atoms with Crippen LogP contribution in [0.5, 0.6) is 11.5 Å². The van der Waals surface area contributed by atoms with E-state index in [1.54, 1.807) is 20.4 Å². The first-order valence-electron chi connectivity index (χ1n) is 11.1. The monoisotopic (exact) mass is 445 g/mol. The number of anilines is 1. The third kappa shape index (κ3) is 4.04. The second-order valence-corrected chi connectivity index (χ2v) is 8.23. The maximum Gasteiger partial charge on any atom is 0.225 e. The normalized spacial score (nSPS) is 16.2. The molecule has 0 bridgehead atoms. The van der Waals surface area contributed by atoms with Gasteiger partial charge < -0.3 is 24.1 Å². The number of nitrogens with zero attached hydrogens (tertiary/aromatic N) is 4. The van der Waals surface area contributed by atoms with E-state index in [1.807, 2.05) is 42.6 Å². The topological polar surface area (TPSA) is 81.0 Å². The van der Waals surface area contributed by atoms with Crippen molar-refractivity contribution in [3.63, 3.8) is 0 Å². The molecule has 1 N–H and O–H groups in total. The number of benzene rings is 1. The summed E-state index contributed by atoms with van der Waals surface area (Å²) in [5.41, 5.74) is 3.62. The Kier molecular flexibility index (Phi) is 5.73. The lowest BCUT2D eigenvalue weighted by Crippen LogP contribution is -2.43. The number of methoxy groups -OCH3 is 2. The van der Waals surface area contributed by atoms with Gasteiger partial charge >= 0.3 is 0 Å². The van der Waals surface area contributed by atoms with Crippen LogP contribution >= 0.6 is 0 Å². The Hall–Kier alpha value is -3.81. The van der Waals surface area contributed by atoms with Gasteiger partial charge in [-0.05, 0) is 49.2 Å². The summed E-state index contributed by atoms with van der Waals surface area (Å²) >= 11 is 0. The molecule has 8 nitrogen and oxygen atoms in total. The summed E-state index contributed by atoms with van der Waals surface area (Å²) in [6, 6.07) is 13.6. The Morgan fingerprint density at radius 2 is 2.03 bits per heavy atom. The largest absolute Gasteiger partial charge is 0.497 e. The highest BCUT2D eigenvalue weighted by atomic mass is 16.5. The Morgan fingerprint density at radius 3 is 2.88 bits per heavy atom. The molecule has 1 aliphatic heterocycles. The zero-order chi connectivity index (χ0) is 22.8. The summed E-state index contributed by atoms with van der Waals surface area (Å²) in [6.45, 7) is 1.89. The Bertz CT molecular complexity index is 1300. The van der Waals surface area contributed by atoms with Gasteiger partial charge in [-0.25, -0.2) is 9.97 Å². The molecule has 8 heteroatoms. The number of hydrogen-bond acceptors (Lipinski definition) is 6. The first-order valence-corrected chi connectivity index (χ1v) is 11.1. The van der Waals surface area contributed by atoms with Gasteiger partial charge in [0.1, 0.15) is 11.5 Å². The Labute approximate surface area is 192 Å². The lowest BCUT2D eigenvalue weighted by atomic mass is 9.97. The standard InChI is InChI=1S/C25H27N5O3/c1-32-19-10-9-17(22(14-19)33-2)15-27-25(31)18-6-4-12-29(16-18)24-21-8-5-13-30(21)20-7-3-11-26-23(20)28-24/h3,5,7-11,13-14,18H,4,6,12,15-16H2,1-2H3,(H,27,31)/t18-/m0/s1. The molecule has 0 aliphatic carbocycles. The van der Waals surface area contributed by atoms with Crippen molar-refractivity contribution in [2.75, 3.05) is 32.2 Å². The van der Waals surface area contributed by atoms with Crippen LogP contribution in [0.15, 0.2) is 54.9 Å². The number of aromatic nitrogens is 3. The number of carbonyl (C=O) groups is 1. The molecule has 0 unspecified atom stereocenters. The number of hydrogen-bond donors (Lipinski definition) is 1. The summed E-state index contributed by atoms with van der Waals surface area (Å²) in [5, 5.41) is 3.09. The van der Waals surface area contributed by atoms with E-state index in [0.717, 1.165) is 47.6 Å². The van der Waals surface area contributed by atoms with Crippen molar-refractivity contribution in [1.82, 2.24) is 19.7 Å². The summed E-state index contributed by atoms with van der Waals surface area (Å²) < 4.78 is 12.8. The van der Waals surface area contributed by atoms with Crippen molar-refractivity contribution in [1.29, 1.82) is 0 Å². The maximum absolute atomic E-state index is 13.1. The van der Waals surface area contributed by atoms with Gasteiger partial charge in [0.05, 0.1) is 31.2 Å². The van der Waals surface area contributed by atoms with E-state index in [2.05, 4.69) is 25.7 Å². The molecule has 4 aromatic rings. The fourth-order valence-electron chi connectivity index (χ4n) is 4.53. The number of carbonyl (C=O) groups excluding carboxylic acids is 1. The smallest absolute Gasteiger partial charge is 0.225 e. The quantitative estimate of drug-likeness (QED) is 0.490. The zero-order valence-corrected chi connectivity index (χ0v) is 18.8. The molecule has 1 amide bonds. The molecule has 1 aliphatic rings. The number of fused-ring (bicyclic) bond motifs is 3. The van der Waals surface area contributed by atoms with Crippen molar-refractivity contribution >= 4 is 28.4 Å². The van der Waals surface area contributed by atoms with Gasteiger partial charge in [0.25, 0.3) is 0 Å². The highest BCUT2D eigenvalue weighted by molar-refractivity contribution is 5.84. The molecule has 1 saturated heterocycles. The summed E-state index contributed by atoms with van der Waals surface area (Å²) in [7, 11) is 3.24. The van der Waals surface area contributed by atoms with Gasteiger partial charge in [0.15, 0.2) is 11.5 Å². The third-order valence-corrected chi connectivity index (χ3v) is 6.25. The molecule has 1 atom stereocenters. The minimum absolute atomic E-state index is 0.0443. The number of rotatable bonds is 6. The van der Waals surface area contributed by atoms with Crippen LogP contribution in [-0.4, -0.2) is 47.6 Å². The van der Waals surface area contributed by atoms with E-state index in [0.29, 0.717) is 24.5 Å². The lowest BCUT2D eigenvalue weighted by Gasteiger charge is -2.33. The molecule has 0 radical (unpaired) electrons. The minimum Gasteiger partial charge on any atom is -0.497 e. The van der Waals surface area contributed by atoms with Gasteiger partial charge in [-0.2, -0.15) is 0 Å². The maximum atomic E-state index is 13.1. The molecular weight excluding hydrogens is 418 g/mol. The lowest BCUT2D eigenvalue weighted by molar-refractivity contribution is -0.125. The Balaban J connectivity index is 1.33. The van der Waals surface area contributed by atoms with Crippen LogP contribution in [0, 0.1) is 5.92 Å². The first kappa shape index (κ1) is 21.1. The van der Waals surface area contributed by atoms with E-state index < -0.39 is 0 Å². The van der Waals surface area contributed by atoms with Crippen LogP contribution in [-0.2, 0) is 11.3 Å². The van der Waals surface area contributed by atoms with Crippen molar-refractivity contribution in [2.45, 2.75) is 19.4 Å². The fourth-order valence-corrected chi connectivity index (χ4v) is 4.53.